The highest BCUT2D eigenvalue weighted by Gasteiger charge is 2.38. The number of carboxylic acids is 1. The Morgan fingerprint density at radius 1 is 1.13 bits per heavy atom. The maximum Gasteiger partial charge on any atom is 0.490 e. The summed E-state index contributed by atoms with van der Waals surface area (Å²) in [5.41, 5.74) is 13.0. The topological polar surface area (TPSA) is 221 Å². The van der Waals surface area contributed by atoms with Gasteiger partial charge in [0.25, 0.3) is 5.91 Å². The molecule has 0 spiro atoms. The number of carbonyl (C=O) groups is 2. The van der Waals surface area contributed by atoms with Crippen LogP contribution in [0.25, 0.3) is 5.69 Å². The van der Waals surface area contributed by atoms with Gasteiger partial charge in [0.05, 0.1) is 31.6 Å². The van der Waals surface area contributed by atoms with Gasteiger partial charge in [-0.25, -0.2) is 9.59 Å². The number of methoxy groups -OCH3 is 1. The van der Waals surface area contributed by atoms with Gasteiger partial charge < -0.3 is 36.1 Å². The number of H-pyrrole nitrogens is 1. The molecule has 8 N–H and O–H groups in total. The standard InChI is InChI=1S/C28H29N7O5.C2HF3O2/c1-38-23-14-17(8-11-22(23)40-19-12-13-39-15-19)24(32-18-9-6-16(7-10-18)25(29)30)27-33-28(37)35(34-27)21-5-3-2-4-20(21)26(31)36;3-2(4,5)1(6)7/h2-11,14,19,24,32H,12-13,15H2,1H3,(H3,29,30)(H2,31,36)(H,33,34,37);(H,6,7). The van der Waals surface area contributed by atoms with E-state index in [1.165, 1.54) is 6.07 Å². The molecule has 0 aliphatic carbocycles. The summed E-state index contributed by atoms with van der Waals surface area (Å²) in [6.07, 6.45) is -4.36. The van der Waals surface area contributed by atoms with E-state index in [0.29, 0.717) is 41.5 Å². The van der Waals surface area contributed by atoms with Gasteiger partial charge >= 0.3 is 17.8 Å². The van der Waals surface area contributed by atoms with Gasteiger partial charge in [-0.2, -0.15) is 17.9 Å². The summed E-state index contributed by atoms with van der Waals surface area (Å²) in [4.78, 5) is 36.8. The van der Waals surface area contributed by atoms with Gasteiger partial charge in [0.1, 0.15) is 18.0 Å². The molecule has 1 amide bonds. The molecule has 248 valence electrons. The Bertz CT molecular complexity index is 1800. The average molecular weight is 658 g/mol. The lowest BCUT2D eigenvalue weighted by Crippen LogP contribution is -2.21. The van der Waals surface area contributed by atoms with Gasteiger partial charge in [-0.1, -0.05) is 18.2 Å². The van der Waals surface area contributed by atoms with Crippen LogP contribution in [0.1, 0.15) is 39.8 Å². The molecule has 5 rings (SSSR count). The number of carbonyl (C=O) groups excluding carboxylic acids is 1. The Morgan fingerprint density at radius 2 is 1.81 bits per heavy atom. The minimum atomic E-state index is -5.08. The highest BCUT2D eigenvalue weighted by Crippen LogP contribution is 2.34. The largest absolute Gasteiger partial charge is 0.493 e. The van der Waals surface area contributed by atoms with E-state index >= 15 is 0 Å². The highest BCUT2D eigenvalue weighted by molar-refractivity contribution is 5.96. The first-order valence-electron chi connectivity index (χ1n) is 13.8. The molecule has 1 aromatic heterocycles. The second-order valence-electron chi connectivity index (χ2n) is 9.99. The maximum atomic E-state index is 13.1. The Kier molecular flexibility index (Phi) is 10.5. The van der Waals surface area contributed by atoms with Crippen LogP contribution in [0.4, 0.5) is 18.9 Å². The molecule has 14 nitrogen and oxygen atoms in total. The number of aromatic amines is 1. The predicted molar refractivity (Wildman–Crippen MR) is 162 cm³/mol. The molecule has 17 heteroatoms. The SMILES string of the molecule is COc1cc(C(Nc2ccc(C(=N)N)cc2)c2nn(-c3ccccc3C(N)=O)c(=O)[nH]2)ccc1OC1CCOC1.O=C(O)C(F)(F)F. The average Bonchev–Trinajstić information content (AvgIpc) is 3.69. The monoisotopic (exact) mass is 657 g/mol. The van der Waals surface area contributed by atoms with E-state index in [1.54, 1.807) is 61.7 Å². The minimum Gasteiger partial charge on any atom is -0.493 e. The van der Waals surface area contributed by atoms with E-state index in [4.69, 9.17) is 41.0 Å². The predicted octanol–water partition coefficient (Wildman–Crippen LogP) is 2.95. The number of nitrogen functional groups attached to an aromatic ring is 1. The first kappa shape index (κ1) is 34.0. The number of primary amides is 1. The number of nitrogens with two attached hydrogens (primary N) is 2. The van der Waals surface area contributed by atoms with Crippen molar-refractivity contribution in [2.45, 2.75) is 24.7 Å². The fourth-order valence-electron chi connectivity index (χ4n) is 4.47. The minimum absolute atomic E-state index is 0.0488. The first-order valence-corrected chi connectivity index (χ1v) is 13.8. The number of rotatable bonds is 10. The van der Waals surface area contributed by atoms with E-state index in [-0.39, 0.29) is 29.0 Å². The van der Waals surface area contributed by atoms with Gasteiger partial charge in [0.2, 0.25) is 0 Å². The molecule has 3 aromatic carbocycles. The highest BCUT2D eigenvalue weighted by atomic mass is 19.4. The number of anilines is 1. The molecule has 4 aromatic rings. The van der Waals surface area contributed by atoms with Crippen LogP contribution in [0.5, 0.6) is 11.5 Å². The number of alkyl halides is 3. The summed E-state index contributed by atoms with van der Waals surface area (Å²) in [6.45, 7) is 1.16. The lowest BCUT2D eigenvalue weighted by Gasteiger charge is -2.21. The molecule has 1 saturated heterocycles. The van der Waals surface area contributed by atoms with Crippen LogP contribution in [0.15, 0.2) is 71.5 Å². The zero-order chi connectivity index (χ0) is 34.3. The van der Waals surface area contributed by atoms with Gasteiger partial charge in [0, 0.05) is 17.7 Å². The molecule has 2 unspecified atom stereocenters. The fourth-order valence-corrected chi connectivity index (χ4v) is 4.47. The zero-order valence-electron chi connectivity index (χ0n) is 24.7. The van der Waals surface area contributed by atoms with E-state index < -0.39 is 29.8 Å². The number of halogens is 3. The molecule has 2 atom stereocenters. The van der Waals surface area contributed by atoms with Crippen LogP contribution >= 0.6 is 0 Å². The van der Waals surface area contributed by atoms with Gasteiger partial charge in [0.15, 0.2) is 17.3 Å². The summed E-state index contributed by atoms with van der Waals surface area (Å²) in [6, 6.07) is 18.3. The second kappa shape index (κ2) is 14.5. The van der Waals surface area contributed by atoms with E-state index in [2.05, 4.69) is 15.4 Å². The van der Waals surface area contributed by atoms with E-state index in [0.717, 1.165) is 11.1 Å². The number of aliphatic carboxylic acids is 1. The number of para-hydroxylation sites is 1. The Morgan fingerprint density at radius 3 is 2.38 bits per heavy atom. The summed E-state index contributed by atoms with van der Waals surface area (Å²) >= 11 is 0. The maximum absolute atomic E-state index is 13.1. The number of aromatic nitrogens is 3. The Hall–Kier alpha value is -5.84. The van der Waals surface area contributed by atoms with Crippen LogP contribution in [0.3, 0.4) is 0 Å². The van der Waals surface area contributed by atoms with Crippen molar-refractivity contribution in [1.29, 1.82) is 5.41 Å². The molecule has 0 radical (unpaired) electrons. The van der Waals surface area contributed by atoms with Crippen molar-refractivity contribution in [3.8, 4) is 17.2 Å². The van der Waals surface area contributed by atoms with E-state index in [1.807, 2.05) is 6.07 Å². The van der Waals surface area contributed by atoms with Crippen molar-refractivity contribution < 1.29 is 42.1 Å². The number of benzene rings is 3. The third-order valence-corrected chi connectivity index (χ3v) is 6.76. The van der Waals surface area contributed by atoms with Gasteiger partial charge in [-0.3, -0.25) is 15.2 Å². The van der Waals surface area contributed by atoms with Crippen molar-refractivity contribution >= 4 is 23.4 Å². The third kappa shape index (κ3) is 8.46. The molecular weight excluding hydrogens is 627 g/mol. The zero-order valence-corrected chi connectivity index (χ0v) is 24.7. The quantitative estimate of drug-likeness (QED) is 0.108. The smallest absolute Gasteiger partial charge is 0.490 e. The third-order valence-electron chi connectivity index (χ3n) is 6.76. The number of hydrogen-bond donors (Lipinski definition) is 6. The van der Waals surface area contributed by atoms with Crippen molar-refractivity contribution in [3.05, 3.63) is 99.7 Å². The Labute approximate surface area is 264 Å². The van der Waals surface area contributed by atoms with Crippen molar-refractivity contribution in [2.24, 2.45) is 11.5 Å². The van der Waals surface area contributed by atoms with Crippen molar-refractivity contribution in [2.75, 3.05) is 25.6 Å². The number of amides is 1. The number of nitrogens with zero attached hydrogens (tertiary/aromatic N) is 2. The van der Waals surface area contributed by atoms with Crippen LogP contribution in [-0.2, 0) is 9.53 Å². The Balaban J connectivity index is 0.000000644. The summed E-state index contributed by atoms with van der Waals surface area (Å²) in [5, 5.41) is 22.7. The number of ether oxygens (including phenoxy) is 3. The van der Waals surface area contributed by atoms with Crippen LogP contribution in [-0.4, -0.2) is 70.2 Å². The lowest BCUT2D eigenvalue weighted by molar-refractivity contribution is -0.192. The molecule has 0 bridgehead atoms. The molecule has 1 fully saturated rings. The number of hydrogen-bond acceptors (Lipinski definition) is 9. The lowest BCUT2D eigenvalue weighted by atomic mass is 10.0. The number of carboxylic acid groups (broad SMARTS) is 1. The first-order chi connectivity index (χ1) is 22.3. The molecule has 1 aliphatic heterocycles. The van der Waals surface area contributed by atoms with Crippen LogP contribution < -0.4 is 31.9 Å². The van der Waals surface area contributed by atoms with Crippen molar-refractivity contribution in [3.63, 3.8) is 0 Å². The molecule has 47 heavy (non-hydrogen) atoms. The molecular formula is C30H30F3N7O7. The summed E-state index contributed by atoms with van der Waals surface area (Å²) in [5.74, 6) is -2.13. The van der Waals surface area contributed by atoms with Gasteiger partial charge in [-0.05, 0) is 54.1 Å². The van der Waals surface area contributed by atoms with Crippen LogP contribution in [0.2, 0.25) is 0 Å². The van der Waals surface area contributed by atoms with Crippen molar-refractivity contribution in [1.82, 2.24) is 14.8 Å². The van der Waals surface area contributed by atoms with E-state index in [9.17, 15) is 22.8 Å². The molecule has 1 aliphatic rings. The molecule has 2 heterocycles. The number of nitrogens with one attached hydrogen (secondary N) is 3. The van der Waals surface area contributed by atoms with Gasteiger partial charge in [-0.15, -0.1) is 5.10 Å². The molecule has 0 saturated carbocycles. The number of amidine groups is 1. The summed E-state index contributed by atoms with van der Waals surface area (Å²) < 4.78 is 50.0. The summed E-state index contributed by atoms with van der Waals surface area (Å²) in [7, 11) is 1.55. The van der Waals surface area contributed by atoms with Crippen LogP contribution in [0, 0.1) is 5.41 Å². The second-order valence-corrected chi connectivity index (χ2v) is 9.99. The fraction of sp³-hybridized carbons (Fsp3) is 0.233. The normalized spacial score (nSPS) is 14.8.